The molecule has 0 radical (unpaired) electrons. The van der Waals surface area contributed by atoms with Crippen LogP contribution in [0.15, 0.2) is 46.9 Å². The van der Waals surface area contributed by atoms with Crippen LogP contribution in [0, 0.1) is 0 Å². The molecule has 0 atom stereocenters. The standard InChI is InChI=1S/C23H27ClN2O3/c24-11-3-15-27-19-7-5-18(6-8-19)23-25-21-17-20(9-10-22(21)29-23)28-16-4-14-26-12-1-2-13-26/h5-10,17H,1-4,11-16H2. The highest BCUT2D eigenvalue weighted by Gasteiger charge is 2.11. The lowest BCUT2D eigenvalue weighted by Crippen LogP contribution is -2.21. The number of rotatable bonds is 10. The highest BCUT2D eigenvalue weighted by molar-refractivity contribution is 6.17. The van der Waals surface area contributed by atoms with Gasteiger partial charge in [-0.3, -0.25) is 0 Å². The summed E-state index contributed by atoms with van der Waals surface area (Å²) >= 11 is 5.67. The summed E-state index contributed by atoms with van der Waals surface area (Å²) in [5.74, 6) is 2.85. The summed E-state index contributed by atoms with van der Waals surface area (Å²) < 4.78 is 17.5. The third-order valence-electron chi connectivity index (χ3n) is 5.09. The van der Waals surface area contributed by atoms with Crippen LogP contribution in [0.2, 0.25) is 0 Å². The molecule has 29 heavy (non-hydrogen) atoms. The van der Waals surface area contributed by atoms with Gasteiger partial charge in [-0.25, -0.2) is 4.98 Å². The lowest BCUT2D eigenvalue weighted by molar-refractivity contribution is 0.263. The first-order valence-corrected chi connectivity index (χ1v) is 10.9. The van der Waals surface area contributed by atoms with Gasteiger partial charge in [-0.15, -0.1) is 11.6 Å². The predicted molar refractivity (Wildman–Crippen MR) is 116 cm³/mol. The zero-order chi connectivity index (χ0) is 19.9. The van der Waals surface area contributed by atoms with Crippen molar-refractivity contribution in [3.8, 4) is 23.0 Å². The lowest BCUT2D eigenvalue weighted by Gasteiger charge is -2.14. The number of nitrogens with zero attached hydrogens (tertiary/aromatic N) is 2. The van der Waals surface area contributed by atoms with Gasteiger partial charge in [-0.2, -0.15) is 0 Å². The summed E-state index contributed by atoms with van der Waals surface area (Å²) in [6, 6.07) is 13.6. The van der Waals surface area contributed by atoms with Crippen LogP contribution < -0.4 is 9.47 Å². The Hall–Kier alpha value is -2.24. The monoisotopic (exact) mass is 414 g/mol. The number of hydrogen-bond acceptors (Lipinski definition) is 5. The summed E-state index contributed by atoms with van der Waals surface area (Å²) in [6.45, 7) is 4.91. The average Bonchev–Trinajstić information content (AvgIpc) is 3.41. The molecule has 1 saturated heterocycles. The zero-order valence-electron chi connectivity index (χ0n) is 16.6. The molecule has 1 aliphatic heterocycles. The molecule has 154 valence electrons. The fourth-order valence-corrected chi connectivity index (χ4v) is 3.65. The largest absolute Gasteiger partial charge is 0.494 e. The van der Waals surface area contributed by atoms with E-state index in [0.717, 1.165) is 54.2 Å². The summed E-state index contributed by atoms with van der Waals surface area (Å²) in [4.78, 5) is 7.13. The molecule has 0 bridgehead atoms. The summed E-state index contributed by atoms with van der Waals surface area (Å²) in [7, 11) is 0. The van der Waals surface area contributed by atoms with Crippen molar-refractivity contribution in [1.29, 1.82) is 0 Å². The van der Waals surface area contributed by atoms with E-state index in [2.05, 4.69) is 9.88 Å². The number of oxazole rings is 1. The van der Waals surface area contributed by atoms with E-state index in [-0.39, 0.29) is 0 Å². The van der Waals surface area contributed by atoms with Crippen LogP contribution in [0.1, 0.15) is 25.7 Å². The molecule has 0 amide bonds. The molecule has 1 aromatic heterocycles. The first kappa shape index (κ1) is 20.0. The maximum Gasteiger partial charge on any atom is 0.227 e. The highest BCUT2D eigenvalue weighted by Crippen LogP contribution is 2.28. The predicted octanol–water partition coefficient (Wildman–Crippen LogP) is 5.37. The number of hydrogen-bond donors (Lipinski definition) is 0. The summed E-state index contributed by atoms with van der Waals surface area (Å²) in [5, 5.41) is 0. The van der Waals surface area contributed by atoms with Crippen LogP contribution >= 0.6 is 11.6 Å². The Morgan fingerprint density at radius 2 is 1.66 bits per heavy atom. The lowest BCUT2D eigenvalue weighted by atomic mass is 10.2. The molecule has 1 aliphatic rings. The van der Waals surface area contributed by atoms with Crippen molar-refractivity contribution in [2.75, 3.05) is 38.7 Å². The second-order valence-electron chi connectivity index (χ2n) is 7.31. The van der Waals surface area contributed by atoms with Crippen LogP contribution in [0.3, 0.4) is 0 Å². The van der Waals surface area contributed by atoms with E-state index in [1.165, 1.54) is 25.9 Å². The fraction of sp³-hybridized carbons (Fsp3) is 0.435. The van der Waals surface area contributed by atoms with E-state index in [9.17, 15) is 0 Å². The van der Waals surface area contributed by atoms with Gasteiger partial charge in [0.2, 0.25) is 5.89 Å². The van der Waals surface area contributed by atoms with Crippen LogP contribution in [-0.2, 0) is 0 Å². The molecule has 0 N–H and O–H groups in total. The van der Waals surface area contributed by atoms with Crippen LogP contribution in [0.4, 0.5) is 0 Å². The zero-order valence-corrected chi connectivity index (χ0v) is 17.4. The molecule has 2 aromatic carbocycles. The van der Waals surface area contributed by atoms with Crippen LogP contribution in [-0.4, -0.2) is 48.6 Å². The molecule has 0 saturated carbocycles. The fourth-order valence-electron chi connectivity index (χ4n) is 3.54. The Morgan fingerprint density at radius 3 is 2.45 bits per heavy atom. The Morgan fingerprint density at radius 1 is 0.931 bits per heavy atom. The normalized spacial score (nSPS) is 14.5. The van der Waals surface area contributed by atoms with E-state index < -0.39 is 0 Å². The van der Waals surface area contributed by atoms with E-state index in [0.29, 0.717) is 18.4 Å². The number of aromatic nitrogens is 1. The van der Waals surface area contributed by atoms with Gasteiger partial charge in [0.05, 0.1) is 13.2 Å². The maximum absolute atomic E-state index is 5.92. The van der Waals surface area contributed by atoms with Gasteiger partial charge in [0.1, 0.15) is 17.0 Å². The van der Waals surface area contributed by atoms with E-state index >= 15 is 0 Å². The Balaban J connectivity index is 1.35. The minimum absolute atomic E-state index is 0.596. The molecule has 4 rings (SSSR count). The minimum atomic E-state index is 0.596. The summed E-state index contributed by atoms with van der Waals surface area (Å²) in [6.07, 6.45) is 4.53. The van der Waals surface area contributed by atoms with Crippen molar-refractivity contribution in [2.24, 2.45) is 0 Å². The van der Waals surface area contributed by atoms with Gasteiger partial charge in [0.15, 0.2) is 5.58 Å². The van der Waals surface area contributed by atoms with Crippen molar-refractivity contribution in [2.45, 2.75) is 25.7 Å². The molecular formula is C23H27ClN2O3. The SMILES string of the molecule is ClCCCOc1ccc(-c2nc3cc(OCCCN4CCCC4)ccc3o2)cc1. The first-order valence-electron chi connectivity index (χ1n) is 10.4. The topological polar surface area (TPSA) is 47.7 Å². The van der Waals surface area contributed by atoms with Gasteiger partial charge in [-0.1, -0.05) is 0 Å². The van der Waals surface area contributed by atoms with Crippen molar-refractivity contribution in [3.05, 3.63) is 42.5 Å². The molecule has 1 fully saturated rings. The number of halogens is 1. The molecule has 2 heterocycles. The van der Waals surface area contributed by atoms with Crippen LogP contribution in [0.25, 0.3) is 22.6 Å². The Labute approximate surface area is 176 Å². The minimum Gasteiger partial charge on any atom is -0.494 e. The molecule has 0 spiro atoms. The van der Waals surface area contributed by atoms with Gasteiger partial charge in [-0.05, 0) is 75.2 Å². The van der Waals surface area contributed by atoms with Crippen molar-refractivity contribution in [1.82, 2.24) is 9.88 Å². The third kappa shape index (κ3) is 5.43. The van der Waals surface area contributed by atoms with Crippen molar-refractivity contribution in [3.63, 3.8) is 0 Å². The second kappa shape index (κ2) is 9.99. The van der Waals surface area contributed by atoms with Crippen molar-refractivity contribution >= 4 is 22.7 Å². The number of benzene rings is 2. The maximum atomic E-state index is 5.92. The number of ether oxygens (including phenoxy) is 2. The molecular weight excluding hydrogens is 388 g/mol. The molecule has 5 nitrogen and oxygen atoms in total. The van der Waals surface area contributed by atoms with Gasteiger partial charge < -0.3 is 18.8 Å². The van der Waals surface area contributed by atoms with E-state index in [4.69, 9.17) is 25.5 Å². The van der Waals surface area contributed by atoms with E-state index in [1.54, 1.807) is 0 Å². The smallest absolute Gasteiger partial charge is 0.227 e. The van der Waals surface area contributed by atoms with Crippen LogP contribution in [0.5, 0.6) is 11.5 Å². The van der Waals surface area contributed by atoms with Gasteiger partial charge >= 0.3 is 0 Å². The molecule has 0 unspecified atom stereocenters. The first-order chi connectivity index (χ1) is 14.3. The van der Waals surface area contributed by atoms with E-state index in [1.807, 2.05) is 42.5 Å². The highest BCUT2D eigenvalue weighted by atomic mass is 35.5. The van der Waals surface area contributed by atoms with Gasteiger partial charge in [0.25, 0.3) is 0 Å². The molecule has 6 heteroatoms. The number of fused-ring (bicyclic) bond motifs is 1. The Kier molecular flexibility index (Phi) is 6.91. The number of likely N-dealkylation sites (tertiary alicyclic amines) is 1. The molecule has 0 aliphatic carbocycles. The van der Waals surface area contributed by atoms with Crippen molar-refractivity contribution < 1.29 is 13.9 Å². The summed E-state index contributed by atoms with van der Waals surface area (Å²) in [5.41, 5.74) is 2.48. The average molecular weight is 415 g/mol. The Bertz CT molecular complexity index is 904. The quantitative estimate of drug-likeness (QED) is 0.330. The second-order valence-corrected chi connectivity index (χ2v) is 7.69. The molecule has 3 aromatic rings. The third-order valence-corrected chi connectivity index (χ3v) is 5.36. The van der Waals surface area contributed by atoms with Gasteiger partial charge in [0, 0.05) is 24.1 Å². The number of alkyl halides is 1.